The highest BCUT2D eigenvalue weighted by atomic mass is 32.2. The number of benzene rings is 3. The molecule has 2 saturated carbocycles. The van der Waals surface area contributed by atoms with Gasteiger partial charge in [0.2, 0.25) is 5.91 Å². The number of amides is 2. The second-order valence-corrected chi connectivity index (χ2v) is 17.7. The quantitative estimate of drug-likeness (QED) is 0.213. The number of piperidine rings is 1. The van der Waals surface area contributed by atoms with Crippen LogP contribution in [0.4, 0.5) is 0 Å². The van der Waals surface area contributed by atoms with Crippen LogP contribution in [-0.4, -0.2) is 77.9 Å². The van der Waals surface area contributed by atoms with E-state index >= 15 is 4.79 Å². The van der Waals surface area contributed by atoms with E-state index in [4.69, 9.17) is 4.74 Å². The number of aromatic amines is 1. The summed E-state index contributed by atoms with van der Waals surface area (Å²) in [5.74, 6) is 0.457. The van der Waals surface area contributed by atoms with Gasteiger partial charge in [-0.3, -0.25) is 14.2 Å². The first-order valence-corrected chi connectivity index (χ1v) is 20.5. The normalized spacial score (nSPS) is 21.8. The molecule has 0 radical (unpaired) electrons. The first kappa shape index (κ1) is 34.9. The molecule has 4 aliphatic rings. The largest absolute Gasteiger partial charge is 0.497 e. The van der Waals surface area contributed by atoms with Gasteiger partial charge in [-0.05, 0) is 91.6 Å². The molecule has 9 rings (SSSR count). The smallest absolute Gasteiger partial charge is 0.326 e. The number of hydrogen-bond acceptors (Lipinski definition) is 6. The molecule has 0 bridgehead atoms. The predicted molar refractivity (Wildman–Crippen MR) is 207 cm³/mol. The number of H-pyrrole nitrogens is 1. The van der Waals surface area contributed by atoms with Gasteiger partial charge in [0.05, 0.1) is 29.3 Å². The Morgan fingerprint density at radius 2 is 1.70 bits per heavy atom. The molecule has 3 aromatic carbocycles. The number of carbonyl (C=O) groups is 2. The Hall–Kier alpha value is -4.88. The van der Waals surface area contributed by atoms with Crippen LogP contribution in [0.2, 0.25) is 0 Å². The highest BCUT2D eigenvalue weighted by Gasteiger charge is 2.64. The lowest BCUT2D eigenvalue weighted by molar-refractivity contribution is -0.139. The van der Waals surface area contributed by atoms with E-state index < -0.39 is 21.5 Å². The number of ether oxygens (including phenoxy) is 1. The van der Waals surface area contributed by atoms with Gasteiger partial charge in [-0.2, -0.15) is 12.7 Å². The number of fused-ring (bicyclic) bond motifs is 8. The van der Waals surface area contributed by atoms with E-state index in [9.17, 15) is 18.0 Å². The van der Waals surface area contributed by atoms with Crippen LogP contribution in [0.25, 0.3) is 33.2 Å². The molecule has 2 aromatic heterocycles. The Labute approximate surface area is 314 Å². The molecule has 3 fully saturated rings. The van der Waals surface area contributed by atoms with Crippen molar-refractivity contribution >= 4 is 44.0 Å². The second kappa shape index (κ2) is 12.9. The number of nitrogens with one attached hydrogen (secondary N) is 2. The van der Waals surface area contributed by atoms with Crippen LogP contribution in [0, 0.1) is 5.41 Å². The molecular formula is C41H46N6O6S. The van der Waals surface area contributed by atoms with E-state index in [1.54, 1.807) is 19.2 Å². The van der Waals surface area contributed by atoms with Gasteiger partial charge in [-0.1, -0.05) is 37.5 Å². The van der Waals surface area contributed by atoms with Crippen molar-refractivity contribution in [3.05, 3.63) is 87.8 Å². The van der Waals surface area contributed by atoms with E-state index in [0.717, 1.165) is 74.5 Å². The molecule has 54 heavy (non-hydrogen) atoms. The zero-order chi connectivity index (χ0) is 37.5. The predicted octanol–water partition coefficient (Wildman–Crippen LogP) is 5.89. The second-order valence-electron chi connectivity index (χ2n) is 15.8. The van der Waals surface area contributed by atoms with Gasteiger partial charge in [0.15, 0.2) is 0 Å². The van der Waals surface area contributed by atoms with E-state index in [0.29, 0.717) is 44.8 Å². The lowest BCUT2D eigenvalue weighted by Crippen LogP contribution is -2.45. The Kier molecular flexibility index (Phi) is 8.31. The molecule has 2 N–H and O–H groups in total. The number of para-hydroxylation sites is 2. The molecule has 2 unspecified atom stereocenters. The van der Waals surface area contributed by atoms with Crippen molar-refractivity contribution in [1.82, 2.24) is 28.0 Å². The van der Waals surface area contributed by atoms with E-state index in [1.807, 2.05) is 45.9 Å². The third-order valence-corrected chi connectivity index (χ3v) is 14.1. The highest BCUT2D eigenvalue weighted by molar-refractivity contribution is 7.87. The van der Waals surface area contributed by atoms with Crippen molar-refractivity contribution in [3.63, 3.8) is 0 Å². The van der Waals surface area contributed by atoms with Gasteiger partial charge in [0, 0.05) is 67.7 Å². The van der Waals surface area contributed by atoms with Gasteiger partial charge in [0.25, 0.3) is 5.91 Å². The maximum absolute atomic E-state index is 15.0. The summed E-state index contributed by atoms with van der Waals surface area (Å²) < 4.78 is 38.3. The van der Waals surface area contributed by atoms with Crippen LogP contribution >= 0.6 is 0 Å². The molecule has 2 aliphatic carbocycles. The van der Waals surface area contributed by atoms with Gasteiger partial charge in [-0.25, -0.2) is 9.52 Å². The summed E-state index contributed by atoms with van der Waals surface area (Å²) in [5, 5.41) is 1.04. The number of carbonyl (C=O) groups excluding carboxylic acids is 2. The summed E-state index contributed by atoms with van der Waals surface area (Å²) in [6, 6.07) is 19.4. The lowest BCUT2D eigenvalue weighted by atomic mass is 9.81. The van der Waals surface area contributed by atoms with Crippen LogP contribution in [0.15, 0.2) is 65.5 Å². The minimum atomic E-state index is -4.00. The molecular weight excluding hydrogens is 705 g/mol. The van der Waals surface area contributed by atoms with Gasteiger partial charge >= 0.3 is 15.9 Å². The zero-order valence-corrected chi connectivity index (χ0v) is 31.7. The number of aromatic nitrogens is 3. The molecule has 2 amide bonds. The van der Waals surface area contributed by atoms with Gasteiger partial charge in [-0.15, -0.1) is 0 Å². The van der Waals surface area contributed by atoms with Crippen LogP contribution in [0.1, 0.15) is 90.7 Å². The fourth-order valence-electron chi connectivity index (χ4n) is 9.77. The molecule has 282 valence electrons. The van der Waals surface area contributed by atoms with Crippen molar-refractivity contribution in [2.75, 3.05) is 34.3 Å². The highest BCUT2D eigenvalue weighted by Crippen LogP contribution is 2.66. The van der Waals surface area contributed by atoms with E-state index in [1.165, 1.54) is 26.1 Å². The Morgan fingerprint density at radius 3 is 2.44 bits per heavy atom. The van der Waals surface area contributed by atoms with E-state index in [2.05, 4.69) is 26.4 Å². The molecule has 13 heteroatoms. The zero-order valence-electron chi connectivity index (χ0n) is 30.9. The van der Waals surface area contributed by atoms with Crippen molar-refractivity contribution in [2.24, 2.45) is 5.41 Å². The van der Waals surface area contributed by atoms with Crippen LogP contribution in [0.5, 0.6) is 5.75 Å². The Bertz CT molecular complexity index is 2500. The SMILES string of the molecule is COc1ccc2c(c1)C1CC1(C(=O)N1CCC(n3c(=O)[nH]c4ccccc43)CC1)Cn1c-2c(C2CCCCC2)c2ccc(C(=O)NS(=O)(=O)N(C)C)cc21. The average Bonchev–Trinajstić information content (AvgIpc) is 3.72. The summed E-state index contributed by atoms with van der Waals surface area (Å²) in [6.07, 6.45) is 7.64. The monoisotopic (exact) mass is 750 g/mol. The summed E-state index contributed by atoms with van der Waals surface area (Å²) in [7, 11) is 0.417. The molecule has 2 atom stereocenters. The van der Waals surface area contributed by atoms with Gasteiger partial charge in [0.1, 0.15) is 5.75 Å². The van der Waals surface area contributed by atoms with Crippen molar-refractivity contribution < 1.29 is 22.7 Å². The number of rotatable bonds is 7. The summed E-state index contributed by atoms with van der Waals surface area (Å²) >= 11 is 0. The van der Waals surface area contributed by atoms with Crippen LogP contribution < -0.4 is 15.1 Å². The molecule has 12 nitrogen and oxygen atoms in total. The van der Waals surface area contributed by atoms with E-state index in [-0.39, 0.29) is 29.1 Å². The fourth-order valence-corrected chi connectivity index (χ4v) is 10.3. The van der Waals surface area contributed by atoms with Crippen molar-refractivity contribution in [1.29, 1.82) is 0 Å². The van der Waals surface area contributed by atoms with Gasteiger partial charge < -0.3 is 19.2 Å². The number of methoxy groups -OCH3 is 1. The first-order chi connectivity index (χ1) is 26.0. The topological polar surface area (TPSA) is 139 Å². The summed E-state index contributed by atoms with van der Waals surface area (Å²) in [6.45, 7) is 1.53. The number of nitrogens with zero attached hydrogens (tertiary/aromatic N) is 4. The van der Waals surface area contributed by atoms with Crippen LogP contribution in [0.3, 0.4) is 0 Å². The maximum atomic E-state index is 15.0. The van der Waals surface area contributed by atoms with Crippen molar-refractivity contribution in [2.45, 2.75) is 75.8 Å². The summed E-state index contributed by atoms with van der Waals surface area (Å²) in [5.41, 5.74) is 6.47. The third kappa shape index (κ3) is 5.49. The molecule has 0 spiro atoms. The standard InChI is InChI=1S/C41H46N6O6S/c1-44(2)54(51,52)43-38(48)26-13-15-30-35(21-26)46-24-41(39(49)45-19-17-27(18-20-45)47-34-12-8-7-11-33(34)42-40(47)50)23-32(41)31-22-28(53-3)14-16-29(31)37(46)36(30)25-9-5-4-6-10-25/h7-8,11-16,21-22,25,27,32H,4-6,9-10,17-20,23-24H2,1-3H3,(H,42,50)(H,43,48). The van der Waals surface area contributed by atoms with Crippen LogP contribution in [-0.2, 0) is 21.5 Å². The number of imidazole rings is 1. The first-order valence-electron chi connectivity index (χ1n) is 19.1. The molecule has 4 heterocycles. The molecule has 5 aromatic rings. The summed E-state index contributed by atoms with van der Waals surface area (Å²) in [4.78, 5) is 46.5. The Morgan fingerprint density at radius 1 is 0.944 bits per heavy atom. The third-order valence-electron chi connectivity index (χ3n) is 12.7. The maximum Gasteiger partial charge on any atom is 0.326 e. The molecule has 2 aliphatic heterocycles. The Balaban J connectivity index is 1.13. The minimum absolute atomic E-state index is 0.0109. The number of likely N-dealkylation sites (tertiary alicyclic amines) is 1. The minimum Gasteiger partial charge on any atom is -0.497 e. The number of hydrogen-bond donors (Lipinski definition) is 2. The fraction of sp³-hybridized carbons (Fsp3) is 0.439. The van der Waals surface area contributed by atoms with Crippen molar-refractivity contribution in [3.8, 4) is 17.0 Å². The lowest BCUT2D eigenvalue weighted by Gasteiger charge is -2.35. The molecule has 1 saturated heterocycles. The average molecular weight is 751 g/mol.